The van der Waals surface area contributed by atoms with Crippen molar-refractivity contribution in [1.29, 1.82) is 0 Å². The molecule has 0 saturated carbocycles. The molecule has 0 bridgehead atoms. The van der Waals surface area contributed by atoms with Gasteiger partial charge < -0.3 is 9.47 Å². The van der Waals surface area contributed by atoms with Crippen LogP contribution in [0.15, 0.2) is 18.2 Å². The molecule has 0 saturated heterocycles. The quantitative estimate of drug-likeness (QED) is 0.679. The number of hydrogen-bond acceptors (Lipinski definition) is 6. The first kappa shape index (κ1) is 17.1. The van der Waals surface area contributed by atoms with E-state index < -0.39 is 5.97 Å². The zero-order valence-corrected chi connectivity index (χ0v) is 12.8. The Morgan fingerprint density at radius 3 is 2.67 bits per heavy atom. The van der Waals surface area contributed by atoms with Gasteiger partial charge in [0, 0.05) is 6.54 Å². The maximum absolute atomic E-state index is 11.6. The SMILES string of the molecule is CCCN(CC(=O)OCC)Cc1cccc(C(=O)OC)n1. The zero-order chi connectivity index (χ0) is 15.7. The summed E-state index contributed by atoms with van der Waals surface area (Å²) in [4.78, 5) is 29.2. The molecule has 116 valence electrons. The summed E-state index contributed by atoms with van der Waals surface area (Å²) in [6.07, 6.45) is 0.913. The van der Waals surface area contributed by atoms with Crippen LogP contribution < -0.4 is 0 Å². The largest absolute Gasteiger partial charge is 0.465 e. The molecule has 1 aromatic rings. The van der Waals surface area contributed by atoms with Gasteiger partial charge in [0.15, 0.2) is 0 Å². The van der Waals surface area contributed by atoms with Gasteiger partial charge in [0.2, 0.25) is 0 Å². The first-order valence-electron chi connectivity index (χ1n) is 7.02. The molecule has 0 aromatic carbocycles. The van der Waals surface area contributed by atoms with Crippen molar-refractivity contribution in [2.75, 3.05) is 26.8 Å². The van der Waals surface area contributed by atoms with Crippen LogP contribution in [0.1, 0.15) is 36.5 Å². The van der Waals surface area contributed by atoms with Crippen LogP contribution in [0.3, 0.4) is 0 Å². The van der Waals surface area contributed by atoms with Crippen LogP contribution in [-0.4, -0.2) is 48.6 Å². The second kappa shape index (κ2) is 9.07. The Morgan fingerprint density at radius 1 is 1.29 bits per heavy atom. The number of pyridine rings is 1. The average molecular weight is 294 g/mol. The van der Waals surface area contributed by atoms with Gasteiger partial charge in [-0.15, -0.1) is 0 Å². The Balaban J connectivity index is 2.74. The van der Waals surface area contributed by atoms with Crippen LogP contribution in [0.4, 0.5) is 0 Å². The van der Waals surface area contributed by atoms with E-state index in [2.05, 4.69) is 9.72 Å². The van der Waals surface area contributed by atoms with E-state index in [-0.39, 0.29) is 18.2 Å². The number of carbonyl (C=O) groups is 2. The lowest BCUT2D eigenvalue weighted by Crippen LogP contribution is -2.31. The van der Waals surface area contributed by atoms with E-state index >= 15 is 0 Å². The van der Waals surface area contributed by atoms with Crippen molar-refractivity contribution in [2.45, 2.75) is 26.8 Å². The summed E-state index contributed by atoms with van der Waals surface area (Å²) >= 11 is 0. The van der Waals surface area contributed by atoms with E-state index in [0.29, 0.717) is 13.2 Å². The highest BCUT2D eigenvalue weighted by atomic mass is 16.5. The molecule has 0 aliphatic carbocycles. The summed E-state index contributed by atoms with van der Waals surface area (Å²) in [5, 5.41) is 0. The third kappa shape index (κ3) is 5.91. The van der Waals surface area contributed by atoms with Gasteiger partial charge >= 0.3 is 11.9 Å². The van der Waals surface area contributed by atoms with E-state index in [1.807, 2.05) is 17.9 Å². The predicted molar refractivity (Wildman–Crippen MR) is 77.8 cm³/mol. The van der Waals surface area contributed by atoms with Gasteiger partial charge in [0.25, 0.3) is 0 Å². The highest BCUT2D eigenvalue weighted by molar-refractivity contribution is 5.87. The maximum atomic E-state index is 11.6. The minimum atomic E-state index is -0.468. The van der Waals surface area contributed by atoms with Crippen LogP contribution in [0.25, 0.3) is 0 Å². The molecule has 0 N–H and O–H groups in total. The van der Waals surface area contributed by atoms with Gasteiger partial charge in [-0.25, -0.2) is 9.78 Å². The highest BCUT2D eigenvalue weighted by Crippen LogP contribution is 2.06. The molecular formula is C15H22N2O4. The second-order valence-corrected chi connectivity index (χ2v) is 4.52. The van der Waals surface area contributed by atoms with E-state index in [0.717, 1.165) is 18.7 Å². The summed E-state index contributed by atoms with van der Waals surface area (Å²) in [5.41, 5.74) is 0.984. The van der Waals surface area contributed by atoms with Gasteiger partial charge in [0.05, 0.1) is 26.0 Å². The molecule has 0 unspecified atom stereocenters. The van der Waals surface area contributed by atoms with Gasteiger partial charge in [-0.1, -0.05) is 13.0 Å². The second-order valence-electron chi connectivity index (χ2n) is 4.52. The molecule has 1 aromatic heterocycles. The fourth-order valence-electron chi connectivity index (χ4n) is 1.93. The Morgan fingerprint density at radius 2 is 2.05 bits per heavy atom. The Labute approximate surface area is 125 Å². The predicted octanol–water partition coefficient (Wildman–Crippen LogP) is 1.64. The Kier molecular flexibility index (Phi) is 7.39. The van der Waals surface area contributed by atoms with E-state index in [1.54, 1.807) is 19.1 Å². The highest BCUT2D eigenvalue weighted by Gasteiger charge is 2.13. The van der Waals surface area contributed by atoms with Crippen molar-refractivity contribution in [3.05, 3.63) is 29.6 Å². The monoisotopic (exact) mass is 294 g/mol. The third-order valence-corrected chi connectivity index (χ3v) is 2.78. The lowest BCUT2D eigenvalue weighted by Gasteiger charge is -2.20. The summed E-state index contributed by atoms with van der Waals surface area (Å²) in [6, 6.07) is 5.17. The van der Waals surface area contributed by atoms with Crippen molar-refractivity contribution in [1.82, 2.24) is 9.88 Å². The molecule has 1 rings (SSSR count). The molecule has 0 aliphatic heterocycles. The minimum Gasteiger partial charge on any atom is -0.465 e. The summed E-state index contributed by atoms with van der Waals surface area (Å²) < 4.78 is 9.61. The fraction of sp³-hybridized carbons (Fsp3) is 0.533. The zero-order valence-electron chi connectivity index (χ0n) is 12.8. The van der Waals surface area contributed by atoms with Crippen LogP contribution in [-0.2, 0) is 20.8 Å². The summed E-state index contributed by atoms with van der Waals surface area (Å²) in [6.45, 7) is 5.64. The van der Waals surface area contributed by atoms with Crippen molar-refractivity contribution in [3.63, 3.8) is 0 Å². The van der Waals surface area contributed by atoms with Crippen molar-refractivity contribution in [2.24, 2.45) is 0 Å². The number of ether oxygens (including phenoxy) is 2. The van der Waals surface area contributed by atoms with Crippen LogP contribution in [0.2, 0.25) is 0 Å². The average Bonchev–Trinajstić information content (AvgIpc) is 2.47. The minimum absolute atomic E-state index is 0.214. The van der Waals surface area contributed by atoms with Crippen LogP contribution in [0, 0.1) is 0 Å². The number of rotatable bonds is 8. The molecule has 0 aliphatic rings. The van der Waals surface area contributed by atoms with Crippen molar-refractivity contribution >= 4 is 11.9 Å². The lowest BCUT2D eigenvalue weighted by atomic mass is 10.2. The van der Waals surface area contributed by atoms with Crippen molar-refractivity contribution in [3.8, 4) is 0 Å². The normalized spacial score (nSPS) is 10.5. The molecule has 6 heteroatoms. The molecule has 0 atom stereocenters. The number of aromatic nitrogens is 1. The molecular weight excluding hydrogens is 272 g/mol. The maximum Gasteiger partial charge on any atom is 0.356 e. The summed E-state index contributed by atoms with van der Waals surface area (Å²) in [7, 11) is 1.32. The van der Waals surface area contributed by atoms with Gasteiger partial charge in [0.1, 0.15) is 5.69 Å². The molecule has 0 radical (unpaired) electrons. The van der Waals surface area contributed by atoms with E-state index in [1.165, 1.54) is 7.11 Å². The lowest BCUT2D eigenvalue weighted by molar-refractivity contribution is -0.144. The fourth-order valence-corrected chi connectivity index (χ4v) is 1.93. The number of hydrogen-bond donors (Lipinski definition) is 0. The van der Waals surface area contributed by atoms with Crippen LogP contribution >= 0.6 is 0 Å². The van der Waals surface area contributed by atoms with E-state index in [9.17, 15) is 9.59 Å². The molecule has 0 spiro atoms. The third-order valence-electron chi connectivity index (χ3n) is 2.78. The standard InChI is InChI=1S/C15H22N2O4/c1-4-9-17(11-14(18)21-5-2)10-12-7-6-8-13(16-12)15(19)20-3/h6-8H,4-5,9-11H2,1-3H3. The molecule has 0 fully saturated rings. The van der Waals surface area contributed by atoms with Crippen molar-refractivity contribution < 1.29 is 19.1 Å². The molecule has 21 heavy (non-hydrogen) atoms. The Bertz CT molecular complexity index is 476. The van der Waals surface area contributed by atoms with Gasteiger partial charge in [-0.3, -0.25) is 9.69 Å². The van der Waals surface area contributed by atoms with Gasteiger partial charge in [-0.2, -0.15) is 0 Å². The number of carbonyl (C=O) groups excluding carboxylic acids is 2. The first-order valence-corrected chi connectivity index (χ1v) is 7.02. The first-order chi connectivity index (χ1) is 10.1. The van der Waals surface area contributed by atoms with E-state index in [4.69, 9.17) is 4.74 Å². The number of methoxy groups -OCH3 is 1. The summed E-state index contributed by atoms with van der Waals surface area (Å²) in [5.74, 6) is -0.723. The van der Waals surface area contributed by atoms with Gasteiger partial charge in [-0.05, 0) is 32.0 Å². The Hall–Kier alpha value is -1.95. The molecule has 1 heterocycles. The number of nitrogens with zero attached hydrogens (tertiary/aromatic N) is 2. The smallest absolute Gasteiger partial charge is 0.356 e. The van der Waals surface area contributed by atoms with Crippen LogP contribution in [0.5, 0.6) is 0 Å². The molecule has 0 amide bonds. The number of esters is 2. The molecule has 6 nitrogen and oxygen atoms in total. The topological polar surface area (TPSA) is 68.7 Å².